The summed E-state index contributed by atoms with van der Waals surface area (Å²) in [4.78, 5) is 0. The standard InChI is InChI=1S/C6H16N2O3S/c1-5-6(12(9,10)11)7-8(2,3)4/h6-7H,5H2,1-4H3/p+1. The molecule has 74 valence electrons. The molecule has 0 aromatic heterocycles. The molecule has 0 aliphatic heterocycles. The minimum absolute atomic E-state index is 0.290. The van der Waals surface area contributed by atoms with E-state index in [2.05, 4.69) is 5.43 Å². The molecule has 0 aromatic carbocycles. The van der Waals surface area contributed by atoms with E-state index in [1.807, 2.05) is 0 Å². The van der Waals surface area contributed by atoms with Crippen LogP contribution in [0.1, 0.15) is 13.3 Å². The molecule has 0 amide bonds. The molecule has 5 nitrogen and oxygen atoms in total. The van der Waals surface area contributed by atoms with Gasteiger partial charge in [0.1, 0.15) is 0 Å². The Balaban J connectivity index is 4.41. The van der Waals surface area contributed by atoms with Gasteiger partial charge in [0.25, 0.3) is 10.1 Å². The predicted octanol–water partition coefficient (Wildman–Crippen LogP) is -0.179. The van der Waals surface area contributed by atoms with Gasteiger partial charge in [0.15, 0.2) is 5.37 Å². The molecule has 6 heteroatoms. The van der Waals surface area contributed by atoms with E-state index >= 15 is 0 Å². The van der Waals surface area contributed by atoms with Gasteiger partial charge in [0, 0.05) is 0 Å². The Kier molecular flexibility index (Phi) is 3.64. The zero-order chi connectivity index (χ0) is 9.99. The number of nitrogens with one attached hydrogen (secondary N) is 1. The quantitative estimate of drug-likeness (QED) is 0.373. The van der Waals surface area contributed by atoms with E-state index in [-0.39, 0.29) is 4.59 Å². The minimum Gasteiger partial charge on any atom is -0.284 e. The van der Waals surface area contributed by atoms with E-state index in [1.54, 1.807) is 28.1 Å². The first kappa shape index (κ1) is 11.8. The fourth-order valence-corrected chi connectivity index (χ4v) is 1.67. The normalized spacial score (nSPS) is 16.1. The van der Waals surface area contributed by atoms with E-state index < -0.39 is 15.5 Å². The molecule has 2 N–H and O–H groups in total. The van der Waals surface area contributed by atoms with Crippen molar-refractivity contribution in [2.45, 2.75) is 18.7 Å². The lowest BCUT2D eigenvalue weighted by Gasteiger charge is -2.27. The molecule has 0 saturated heterocycles. The van der Waals surface area contributed by atoms with E-state index in [4.69, 9.17) is 4.55 Å². The zero-order valence-electron chi connectivity index (χ0n) is 7.90. The average Bonchev–Trinajstić information content (AvgIpc) is 1.78. The fraction of sp³-hybridized carbons (Fsp3) is 1.00. The monoisotopic (exact) mass is 197 g/mol. The third-order valence-corrected chi connectivity index (χ3v) is 2.42. The highest BCUT2D eigenvalue weighted by molar-refractivity contribution is 7.86. The van der Waals surface area contributed by atoms with Crippen LogP contribution >= 0.6 is 0 Å². The van der Waals surface area contributed by atoms with Crippen molar-refractivity contribution in [2.75, 3.05) is 21.1 Å². The van der Waals surface area contributed by atoms with E-state index in [9.17, 15) is 8.42 Å². The minimum atomic E-state index is -3.97. The summed E-state index contributed by atoms with van der Waals surface area (Å²) in [5.41, 5.74) is 2.75. The van der Waals surface area contributed by atoms with Gasteiger partial charge in [0.2, 0.25) is 0 Å². The summed E-state index contributed by atoms with van der Waals surface area (Å²) in [6, 6.07) is 0. The van der Waals surface area contributed by atoms with E-state index in [1.165, 1.54) is 0 Å². The molecule has 0 aromatic rings. The number of nitrogens with zero attached hydrogens (tertiary/aromatic N) is 1. The first-order valence-corrected chi connectivity index (χ1v) is 5.22. The number of quaternary nitrogens is 1. The number of hydrogen-bond donors (Lipinski definition) is 2. The second kappa shape index (κ2) is 3.69. The lowest BCUT2D eigenvalue weighted by Crippen LogP contribution is -2.55. The van der Waals surface area contributed by atoms with E-state index in [0.717, 1.165) is 0 Å². The van der Waals surface area contributed by atoms with Gasteiger partial charge >= 0.3 is 0 Å². The molecule has 0 radical (unpaired) electrons. The highest BCUT2D eigenvalue weighted by Crippen LogP contribution is 2.01. The largest absolute Gasteiger partial charge is 0.286 e. The molecule has 0 heterocycles. The van der Waals surface area contributed by atoms with Gasteiger partial charge in [-0.05, 0) is 6.42 Å². The summed E-state index contributed by atoms with van der Waals surface area (Å²) < 4.78 is 30.5. The van der Waals surface area contributed by atoms with Gasteiger partial charge < -0.3 is 0 Å². The Morgan fingerprint density at radius 2 is 1.83 bits per heavy atom. The summed E-state index contributed by atoms with van der Waals surface area (Å²) in [6.07, 6.45) is 0.342. The summed E-state index contributed by atoms with van der Waals surface area (Å²) >= 11 is 0. The van der Waals surface area contributed by atoms with Crippen LogP contribution in [-0.2, 0) is 10.1 Å². The summed E-state index contributed by atoms with van der Waals surface area (Å²) in [5, 5.41) is -0.891. The molecule has 0 saturated carbocycles. The van der Waals surface area contributed by atoms with Crippen molar-refractivity contribution < 1.29 is 17.6 Å². The Morgan fingerprint density at radius 1 is 1.42 bits per heavy atom. The van der Waals surface area contributed by atoms with Crippen LogP contribution in [-0.4, -0.2) is 44.1 Å². The highest BCUT2D eigenvalue weighted by atomic mass is 32.2. The number of rotatable bonds is 4. The zero-order valence-corrected chi connectivity index (χ0v) is 8.72. The van der Waals surface area contributed by atoms with Crippen molar-refractivity contribution in [1.29, 1.82) is 0 Å². The van der Waals surface area contributed by atoms with Crippen LogP contribution in [0.4, 0.5) is 0 Å². The van der Waals surface area contributed by atoms with Crippen LogP contribution in [0.25, 0.3) is 0 Å². The van der Waals surface area contributed by atoms with Gasteiger partial charge in [-0.15, -0.1) is 5.43 Å². The van der Waals surface area contributed by atoms with E-state index in [0.29, 0.717) is 6.42 Å². The molecule has 1 unspecified atom stereocenters. The summed E-state index contributed by atoms with van der Waals surface area (Å²) in [6.45, 7) is 1.70. The van der Waals surface area contributed by atoms with Gasteiger partial charge in [0.05, 0.1) is 21.1 Å². The van der Waals surface area contributed by atoms with Crippen molar-refractivity contribution in [2.24, 2.45) is 0 Å². The molecular weight excluding hydrogens is 180 g/mol. The number of hydrogen-bond acceptors (Lipinski definition) is 3. The topological polar surface area (TPSA) is 66.4 Å². The van der Waals surface area contributed by atoms with Crippen molar-refractivity contribution in [3.63, 3.8) is 0 Å². The molecule has 0 spiro atoms. The molecular formula is C6H17N2O3S+. The van der Waals surface area contributed by atoms with Gasteiger partial charge in [-0.25, -0.2) is 0 Å². The Labute approximate surface area is 73.7 Å². The Hall–Kier alpha value is -0.170. The van der Waals surface area contributed by atoms with Crippen LogP contribution in [0.2, 0.25) is 0 Å². The van der Waals surface area contributed by atoms with Crippen LogP contribution in [0.3, 0.4) is 0 Å². The molecule has 0 aliphatic rings. The van der Waals surface area contributed by atoms with Crippen molar-refractivity contribution in [1.82, 2.24) is 5.43 Å². The fourth-order valence-electron chi connectivity index (χ4n) is 0.800. The molecule has 12 heavy (non-hydrogen) atoms. The van der Waals surface area contributed by atoms with Gasteiger partial charge in [-0.1, -0.05) is 6.92 Å². The maximum absolute atomic E-state index is 10.7. The maximum Gasteiger partial charge on any atom is 0.286 e. The average molecular weight is 197 g/mol. The van der Waals surface area contributed by atoms with Crippen LogP contribution in [0.5, 0.6) is 0 Å². The highest BCUT2D eigenvalue weighted by Gasteiger charge is 2.26. The van der Waals surface area contributed by atoms with Crippen LogP contribution < -0.4 is 5.43 Å². The smallest absolute Gasteiger partial charge is 0.284 e. The predicted molar refractivity (Wildman–Crippen MR) is 46.8 cm³/mol. The molecule has 0 fully saturated rings. The second-order valence-corrected chi connectivity index (χ2v) is 5.15. The van der Waals surface area contributed by atoms with Crippen LogP contribution in [0.15, 0.2) is 0 Å². The van der Waals surface area contributed by atoms with Crippen molar-refractivity contribution >= 4 is 10.1 Å². The van der Waals surface area contributed by atoms with Crippen LogP contribution in [0, 0.1) is 0 Å². The maximum atomic E-state index is 10.7. The Bertz CT molecular complexity index is 230. The summed E-state index contributed by atoms with van der Waals surface area (Å²) in [7, 11) is 1.38. The lowest BCUT2D eigenvalue weighted by atomic mass is 10.5. The Morgan fingerprint density at radius 3 is 1.92 bits per heavy atom. The molecule has 1 atom stereocenters. The SMILES string of the molecule is CCC(N[N+](C)(C)C)S(=O)(=O)O. The first-order chi connectivity index (χ1) is 5.17. The molecule has 0 rings (SSSR count). The molecule has 0 aliphatic carbocycles. The first-order valence-electron chi connectivity index (χ1n) is 3.72. The summed E-state index contributed by atoms with van der Waals surface area (Å²) in [5.74, 6) is 0. The third kappa shape index (κ3) is 4.66. The van der Waals surface area contributed by atoms with Crippen molar-refractivity contribution in [3.05, 3.63) is 0 Å². The molecule has 0 bridgehead atoms. The second-order valence-electron chi connectivity index (χ2n) is 3.55. The lowest BCUT2D eigenvalue weighted by molar-refractivity contribution is -0.916. The third-order valence-electron chi connectivity index (χ3n) is 1.26. The van der Waals surface area contributed by atoms with Crippen molar-refractivity contribution in [3.8, 4) is 0 Å². The van der Waals surface area contributed by atoms with Gasteiger partial charge in [-0.2, -0.15) is 8.42 Å². The van der Waals surface area contributed by atoms with Gasteiger partial charge in [-0.3, -0.25) is 9.14 Å².